The highest BCUT2D eigenvalue weighted by atomic mass is 79.9. The summed E-state index contributed by atoms with van der Waals surface area (Å²) in [6.45, 7) is 4.25. The molecule has 0 aromatic heterocycles. The Kier molecular flexibility index (Phi) is 2.34. The molecule has 3 nitrogen and oxygen atoms in total. The number of carbonyl (C=O) groups excluding carboxylic acids is 1. The summed E-state index contributed by atoms with van der Waals surface area (Å²) in [6, 6.07) is 0. The number of halogens is 1. The quantitative estimate of drug-likeness (QED) is 0.723. The SMILES string of the molecule is C=C(Br)CNC1(C(N)=O)CC1. The van der Waals surface area contributed by atoms with Crippen LogP contribution in [0.2, 0.25) is 0 Å². The molecular formula is C7H11BrN2O. The highest BCUT2D eigenvalue weighted by Gasteiger charge is 2.47. The van der Waals surface area contributed by atoms with Gasteiger partial charge in [0, 0.05) is 11.0 Å². The Hall–Kier alpha value is -0.350. The van der Waals surface area contributed by atoms with Gasteiger partial charge >= 0.3 is 0 Å². The van der Waals surface area contributed by atoms with E-state index in [1.165, 1.54) is 0 Å². The van der Waals surface area contributed by atoms with E-state index in [9.17, 15) is 4.79 Å². The van der Waals surface area contributed by atoms with Crippen LogP contribution in [0.15, 0.2) is 11.1 Å². The number of hydrogen-bond donors (Lipinski definition) is 2. The lowest BCUT2D eigenvalue weighted by atomic mass is 10.2. The van der Waals surface area contributed by atoms with Crippen LogP contribution in [0.4, 0.5) is 0 Å². The molecule has 11 heavy (non-hydrogen) atoms. The van der Waals surface area contributed by atoms with Gasteiger partial charge in [-0.3, -0.25) is 10.1 Å². The van der Waals surface area contributed by atoms with Crippen molar-refractivity contribution in [3.63, 3.8) is 0 Å². The Morgan fingerprint density at radius 3 is 2.55 bits per heavy atom. The van der Waals surface area contributed by atoms with E-state index in [2.05, 4.69) is 27.8 Å². The summed E-state index contributed by atoms with van der Waals surface area (Å²) < 4.78 is 0.838. The summed E-state index contributed by atoms with van der Waals surface area (Å²) in [5.41, 5.74) is 4.75. The van der Waals surface area contributed by atoms with E-state index < -0.39 is 5.54 Å². The van der Waals surface area contributed by atoms with Gasteiger partial charge in [0.2, 0.25) is 5.91 Å². The van der Waals surface area contributed by atoms with E-state index in [4.69, 9.17) is 5.73 Å². The van der Waals surface area contributed by atoms with E-state index in [0.29, 0.717) is 6.54 Å². The second kappa shape index (κ2) is 2.95. The number of hydrogen-bond acceptors (Lipinski definition) is 2. The maximum atomic E-state index is 10.8. The van der Waals surface area contributed by atoms with E-state index in [-0.39, 0.29) is 5.91 Å². The predicted octanol–water partition coefficient (Wildman–Crippen LogP) is 0.502. The van der Waals surface area contributed by atoms with E-state index in [1.54, 1.807) is 0 Å². The van der Waals surface area contributed by atoms with Crippen LogP contribution in [0.25, 0.3) is 0 Å². The molecule has 1 rings (SSSR count). The summed E-state index contributed by atoms with van der Waals surface area (Å²) in [5, 5.41) is 3.05. The number of carbonyl (C=O) groups is 1. The fourth-order valence-electron chi connectivity index (χ4n) is 0.900. The topological polar surface area (TPSA) is 55.1 Å². The molecule has 62 valence electrons. The first-order chi connectivity index (χ1) is 5.07. The normalized spacial score (nSPS) is 19.4. The number of rotatable bonds is 4. The Bertz CT molecular complexity index is 199. The third kappa shape index (κ3) is 2.04. The summed E-state index contributed by atoms with van der Waals surface area (Å²) in [4.78, 5) is 10.8. The lowest BCUT2D eigenvalue weighted by molar-refractivity contribution is -0.120. The Balaban J connectivity index is 2.36. The molecule has 3 N–H and O–H groups in total. The molecule has 0 radical (unpaired) electrons. The number of nitrogens with one attached hydrogen (secondary N) is 1. The van der Waals surface area contributed by atoms with Gasteiger partial charge in [0.05, 0.1) is 5.54 Å². The Morgan fingerprint density at radius 2 is 2.27 bits per heavy atom. The van der Waals surface area contributed by atoms with Crippen LogP contribution in [0.5, 0.6) is 0 Å². The number of primary amides is 1. The molecule has 1 amide bonds. The van der Waals surface area contributed by atoms with Gasteiger partial charge in [0.1, 0.15) is 0 Å². The lowest BCUT2D eigenvalue weighted by Gasteiger charge is -2.11. The number of nitrogens with two attached hydrogens (primary N) is 1. The smallest absolute Gasteiger partial charge is 0.237 e. The minimum absolute atomic E-state index is 0.258. The van der Waals surface area contributed by atoms with Crippen molar-refractivity contribution in [2.45, 2.75) is 18.4 Å². The van der Waals surface area contributed by atoms with Gasteiger partial charge in [0.15, 0.2) is 0 Å². The van der Waals surface area contributed by atoms with E-state index in [0.717, 1.165) is 17.3 Å². The fourth-order valence-corrected chi connectivity index (χ4v) is 1.04. The van der Waals surface area contributed by atoms with Gasteiger partial charge in [-0.1, -0.05) is 22.5 Å². The molecule has 4 heteroatoms. The van der Waals surface area contributed by atoms with Crippen LogP contribution in [-0.4, -0.2) is 18.0 Å². The van der Waals surface area contributed by atoms with Crippen LogP contribution < -0.4 is 11.1 Å². The predicted molar refractivity (Wildman–Crippen MR) is 47.2 cm³/mol. The summed E-state index contributed by atoms with van der Waals surface area (Å²) in [7, 11) is 0. The van der Waals surface area contributed by atoms with Crippen molar-refractivity contribution in [3.8, 4) is 0 Å². The van der Waals surface area contributed by atoms with Crippen LogP contribution in [0, 0.1) is 0 Å². The van der Waals surface area contributed by atoms with Crippen molar-refractivity contribution in [2.75, 3.05) is 6.54 Å². The van der Waals surface area contributed by atoms with Crippen molar-refractivity contribution >= 4 is 21.8 Å². The molecule has 0 aromatic rings. The molecule has 1 aliphatic rings. The van der Waals surface area contributed by atoms with Crippen molar-refractivity contribution < 1.29 is 4.79 Å². The highest BCUT2D eigenvalue weighted by molar-refractivity contribution is 9.11. The average Bonchev–Trinajstić information content (AvgIpc) is 2.63. The monoisotopic (exact) mass is 218 g/mol. The molecular weight excluding hydrogens is 208 g/mol. The fraction of sp³-hybridized carbons (Fsp3) is 0.571. The maximum Gasteiger partial charge on any atom is 0.237 e. The molecule has 0 bridgehead atoms. The van der Waals surface area contributed by atoms with Crippen molar-refractivity contribution in [3.05, 3.63) is 11.1 Å². The van der Waals surface area contributed by atoms with Gasteiger partial charge in [-0.25, -0.2) is 0 Å². The summed E-state index contributed by atoms with van der Waals surface area (Å²) >= 11 is 3.19. The first-order valence-electron chi connectivity index (χ1n) is 3.45. The van der Waals surface area contributed by atoms with Gasteiger partial charge in [-0.2, -0.15) is 0 Å². The number of amides is 1. The largest absolute Gasteiger partial charge is 0.368 e. The second-order valence-electron chi connectivity index (χ2n) is 2.82. The minimum atomic E-state index is -0.420. The first-order valence-corrected chi connectivity index (χ1v) is 4.24. The van der Waals surface area contributed by atoms with E-state index >= 15 is 0 Å². The Morgan fingerprint density at radius 1 is 1.73 bits per heavy atom. The zero-order chi connectivity index (χ0) is 8.48. The van der Waals surface area contributed by atoms with Crippen LogP contribution in [0.1, 0.15) is 12.8 Å². The molecule has 0 unspecified atom stereocenters. The molecule has 0 heterocycles. The maximum absolute atomic E-state index is 10.8. The van der Waals surface area contributed by atoms with Gasteiger partial charge in [0.25, 0.3) is 0 Å². The molecule has 0 saturated heterocycles. The van der Waals surface area contributed by atoms with E-state index in [1.807, 2.05) is 0 Å². The molecule has 0 atom stereocenters. The van der Waals surface area contributed by atoms with Crippen LogP contribution >= 0.6 is 15.9 Å². The summed E-state index contributed by atoms with van der Waals surface area (Å²) in [5.74, 6) is -0.258. The standard InChI is InChI=1S/C7H11BrN2O/c1-5(8)4-10-7(2-3-7)6(9)11/h10H,1-4H2,(H2,9,11). The third-order valence-corrected chi connectivity index (χ3v) is 2.12. The van der Waals surface area contributed by atoms with Gasteiger partial charge in [-0.05, 0) is 12.8 Å². The van der Waals surface area contributed by atoms with Crippen molar-refractivity contribution in [2.24, 2.45) is 5.73 Å². The highest BCUT2D eigenvalue weighted by Crippen LogP contribution is 2.34. The zero-order valence-corrected chi connectivity index (χ0v) is 7.78. The molecule has 1 fully saturated rings. The van der Waals surface area contributed by atoms with Gasteiger partial charge < -0.3 is 5.73 Å². The Labute approximate surface area is 74.2 Å². The lowest BCUT2D eigenvalue weighted by Crippen LogP contribution is -2.44. The molecule has 0 aromatic carbocycles. The first kappa shape index (κ1) is 8.74. The zero-order valence-electron chi connectivity index (χ0n) is 6.19. The molecule has 0 aliphatic heterocycles. The third-order valence-electron chi connectivity index (χ3n) is 1.84. The van der Waals surface area contributed by atoms with Gasteiger partial charge in [-0.15, -0.1) is 0 Å². The van der Waals surface area contributed by atoms with Crippen LogP contribution in [0.3, 0.4) is 0 Å². The molecule has 1 aliphatic carbocycles. The molecule has 1 saturated carbocycles. The van der Waals surface area contributed by atoms with Crippen LogP contribution in [-0.2, 0) is 4.79 Å². The second-order valence-corrected chi connectivity index (χ2v) is 3.94. The average molecular weight is 219 g/mol. The van der Waals surface area contributed by atoms with Crippen molar-refractivity contribution in [1.29, 1.82) is 0 Å². The summed E-state index contributed by atoms with van der Waals surface area (Å²) in [6.07, 6.45) is 1.70. The molecule has 0 spiro atoms. The minimum Gasteiger partial charge on any atom is -0.368 e. The van der Waals surface area contributed by atoms with Crippen molar-refractivity contribution in [1.82, 2.24) is 5.32 Å².